The van der Waals surface area contributed by atoms with Crippen LogP contribution in [0.4, 0.5) is 0 Å². The van der Waals surface area contributed by atoms with Crippen LogP contribution in [0.2, 0.25) is 0 Å². The molecule has 0 bridgehead atoms. The monoisotopic (exact) mass is 317 g/mol. The Labute approximate surface area is 139 Å². The molecule has 1 heterocycles. The lowest BCUT2D eigenvalue weighted by atomic mass is 10.1. The van der Waals surface area contributed by atoms with Crippen molar-refractivity contribution in [1.29, 1.82) is 5.26 Å². The fraction of sp³-hybridized carbons (Fsp3) is 0.105. The second kappa shape index (κ2) is 6.80. The summed E-state index contributed by atoms with van der Waals surface area (Å²) in [5, 5.41) is 15.8. The Hall–Kier alpha value is -3.39. The number of carbonyl (C=O) groups is 1. The van der Waals surface area contributed by atoms with Gasteiger partial charge in [0.05, 0.1) is 11.6 Å². The predicted molar refractivity (Wildman–Crippen MR) is 89.0 cm³/mol. The van der Waals surface area contributed by atoms with E-state index in [1.54, 1.807) is 25.1 Å². The molecule has 1 amide bonds. The minimum atomic E-state index is -0.255. The summed E-state index contributed by atoms with van der Waals surface area (Å²) in [4.78, 5) is 12.6. The van der Waals surface area contributed by atoms with Crippen molar-refractivity contribution in [2.75, 3.05) is 0 Å². The summed E-state index contributed by atoms with van der Waals surface area (Å²) in [5.41, 5.74) is 3.20. The highest BCUT2D eigenvalue weighted by Crippen LogP contribution is 2.24. The van der Waals surface area contributed by atoms with E-state index < -0.39 is 0 Å². The number of benzene rings is 2. The number of hydrogen-bond donors (Lipinski definition) is 1. The number of rotatable bonds is 4. The molecule has 0 aliphatic heterocycles. The maximum absolute atomic E-state index is 12.6. The Morgan fingerprint density at radius 3 is 2.75 bits per heavy atom. The van der Waals surface area contributed by atoms with Crippen molar-refractivity contribution in [2.24, 2.45) is 0 Å². The molecule has 0 fully saturated rings. The minimum absolute atomic E-state index is 0.255. The van der Waals surface area contributed by atoms with Crippen molar-refractivity contribution in [3.05, 3.63) is 77.0 Å². The maximum atomic E-state index is 12.6. The number of carbonyl (C=O) groups excluding carboxylic acids is 1. The summed E-state index contributed by atoms with van der Waals surface area (Å²) in [5.74, 6) is 0.215. The molecule has 1 N–H and O–H groups in total. The summed E-state index contributed by atoms with van der Waals surface area (Å²) in [6.45, 7) is 2.04. The lowest BCUT2D eigenvalue weighted by molar-refractivity contribution is 0.0950. The highest BCUT2D eigenvalue weighted by molar-refractivity contribution is 6.00. The molecule has 0 radical (unpaired) electrons. The van der Waals surface area contributed by atoms with Gasteiger partial charge in [-0.25, -0.2) is 0 Å². The van der Waals surface area contributed by atoms with Crippen molar-refractivity contribution in [3.8, 4) is 17.3 Å². The van der Waals surface area contributed by atoms with Gasteiger partial charge in [-0.15, -0.1) is 0 Å². The van der Waals surface area contributed by atoms with E-state index in [2.05, 4.69) is 16.5 Å². The zero-order valence-corrected chi connectivity index (χ0v) is 13.1. The van der Waals surface area contributed by atoms with Crippen LogP contribution in [-0.4, -0.2) is 11.1 Å². The number of amides is 1. The third-order valence-electron chi connectivity index (χ3n) is 3.65. The average Bonchev–Trinajstić information content (AvgIpc) is 3.02. The van der Waals surface area contributed by atoms with E-state index in [4.69, 9.17) is 9.78 Å². The van der Waals surface area contributed by atoms with E-state index >= 15 is 0 Å². The molecule has 0 saturated heterocycles. The molecule has 0 saturated carbocycles. The number of nitrogens with one attached hydrogen (secondary N) is 1. The number of hydrogen-bond acceptors (Lipinski definition) is 4. The SMILES string of the molecule is Cc1onc(-c2ccccc2)c1C(=O)NCc1cccc(C#N)c1. The first kappa shape index (κ1) is 15.5. The Kier molecular flexibility index (Phi) is 4.39. The van der Waals surface area contributed by atoms with Crippen LogP contribution in [0.25, 0.3) is 11.3 Å². The number of aromatic nitrogens is 1. The second-order valence-corrected chi connectivity index (χ2v) is 5.32. The number of nitrogens with zero attached hydrogens (tertiary/aromatic N) is 2. The van der Waals surface area contributed by atoms with Crippen molar-refractivity contribution < 1.29 is 9.32 Å². The van der Waals surface area contributed by atoms with E-state index in [9.17, 15) is 4.79 Å². The fourth-order valence-electron chi connectivity index (χ4n) is 2.45. The van der Waals surface area contributed by atoms with E-state index in [0.29, 0.717) is 29.1 Å². The van der Waals surface area contributed by atoms with E-state index in [1.807, 2.05) is 36.4 Å². The van der Waals surface area contributed by atoms with Crippen LogP contribution in [-0.2, 0) is 6.54 Å². The fourth-order valence-corrected chi connectivity index (χ4v) is 2.45. The van der Waals surface area contributed by atoms with Crippen LogP contribution in [0, 0.1) is 18.3 Å². The highest BCUT2D eigenvalue weighted by Gasteiger charge is 2.21. The summed E-state index contributed by atoms with van der Waals surface area (Å²) in [6.07, 6.45) is 0. The number of nitriles is 1. The molecule has 2 aromatic carbocycles. The molecule has 0 aliphatic rings. The zero-order valence-electron chi connectivity index (χ0n) is 13.1. The first-order chi connectivity index (χ1) is 11.7. The van der Waals surface area contributed by atoms with Gasteiger partial charge in [0.25, 0.3) is 5.91 Å². The number of aryl methyl sites for hydroxylation is 1. The molecule has 0 atom stereocenters. The summed E-state index contributed by atoms with van der Waals surface area (Å²) >= 11 is 0. The molecular weight excluding hydrogens is 302 g/mol. The van der Waals surface area contributed by atoms with Crippen LogP contribution in [0.15, 0.2) is 59.1 Å². The lowest BCUT2D eigenvalue weighted by Crippen LogP contribution is -2.23. The van der Waals surface area contributed by atoms with Crippen LogP contribution < -0.4 is 5.32 Å². The largest absolute Gasteiger partial charge is 0.360 e. The maximum Gasteiger partial charge on any atom is 0.257 e. The summed E-state index contributed by atoms with van der Waals surface area (Å²) in [7, 11) is 0. The molecule has 0 spiro atoms. The lowest BCUT2D eigenvalue weighted by Gasteiger charge is -2.06. The van der Waals surface area contributed by atoms with Crippen molar-refractivity contribution in [3.63, 3.8) is 0 Å². The van der Waals surface area contributed by atoms with Gasteiger partial charge >= 0.3 is 0 Å². The van der Waals surface area contributed by atoms with Gasteiger partial charge in [-0.3, -0.25) is 4.79 Å². The van der Waals surface area contributed by atoms with Crippen LogP contribution in [0.1, 0.15) is 27.2 Å². The van der Waals surface area contributed by atoms with Crippen LogP contribution >= 0.6 is 0 Å². The molecule has 0 aliphatic carbocycles. The van der Waals surface area contributed by atoms with E-state index in [1.165, 1.54) is 0 Å². The standard InChI is InChI=1S/C19H15N3O2/c1-13-17(18(22-24-13)16-8-3-2-4-9-16)19(23)21-12-15-7-5-6-14(10-15)11-20/h2-10H,12H2,1H3,(H,21,23). The summed E-state index contributed by atoms with van der Waals surface area (Å²) < 4.78 is 5.21. The van der Waals surface area contributed by atoms with Gasteiger partial charge in [-0.1, -0.05) is 47.6 Å². The van der Waals surface area contributed by atoms with Gasteiger partial charge in [0.1, 0.15) is 17.0 Å². The second-order valence-electron chi connectivity index (χ2n) is 5.32. The normalized spacial score (nSPS) is 10.2. The summed E-state index contributed by atoms with van der Waals surface area (Å²) in [6, 6.07) is 18.6. The quantitative estimate of drug-likeness (QED) is 0.799. The van der Waals surface area contributed by atoms with Gasteiger partial charge in [-0.2, -0.15) is 5.26 Å². The molecule has 5 nitrogen and oxygen atoms in total. The molecule has 5 heteroatoms. The van der Waals surface area contributed by atoms with Gasteiger partial charge in [0.2, 0.25) is 0 Å². The molecule has 3 aromatic rings. The average molecular weight is 317 g/mol. The van der Waals surface area contributed by atoms with Gasteiger partial charge in [0.15, 0.2) is 0 Å². The smallest absolute Gasteiger partial charge is 0.257 e. The van der Waals surface area contributed by atoms with Crippen molar-refractivity contribution >= 4 is 5.91 Å². The Bertz CT molecular complexity index is 908. The first-order valence-electron chi connectivity index (χ1n) is 7.48. The molecule has 0 unspecified atom stereocenters. The Morgan fingerprint density at radius 1 is 1.21 bits per heavy atom. The molecule has 3 rings (SSSR count). The van der Waals surface area contributed by atoms with Crippen LogP contribution in [0.3, 0.4) is 0 Å². The Balaban J connectivity index is 1.81. The molecule has 24 heavy (non-hydrogen) atoms. The topological polar surface area (TPSA) is 78.9 Å². The van der Waals surface area contributed by atoms with Crippen LogP contribution in [0.5, 0.6) is 0 Å². The van der Waals surface area contributed by atoms with Gasteiger partial charge in [-0.05, 0) is 24.6 Å². The van der Waals surface area contributed by atoms with E-state index in [0.717, 1.165) is 11.1 Å². The molecule has 1 aromatic heterocycles. The van der Waals surface area contributed by atoms with Crippen molar-refractivity contribution in [1.82, 2.24) is 10.5 Å². The Morgan fingerprint density at radius 2 is 2.00 bits per heavy atom. The third kappa shape index (κ3) is 3.18. The first-order valence-corrected chi connectivity index (χ1v) is 7.48. The van der Waals surface area contributed by atoms with Gasteiger partial charge < -0.3 is 9.84 Å². The van der Waals surface area contributed by atoms with E-state index in [-0.39, 0.29) is 5.91 Å². The molecular formula is C19H15N3O2. The van der Waals surface area contributed by atoms with Gasteiger partial charge in [0, 0.05) is 12.1 Å². The zero-order chi connectivity index (χ0) is 16.9. The molecule has 118 valence electrons. The highest BCUT2D eigenvalue weighted by atomic mass is 16.5. The van der Waals surface area contributed by atoms with Crippen molar-refractivity contribution in [2.45, 2.75) is 13.5 Å². The minimum Gasteiger partial charge on any atom is -0.360 e. The third-order valence-corrected chi connectivity index (χ3v) is 3.65. The predicted octanol–water partition coefficient (Wildman–Crippen LogP) is 3.45.